The van der Waals surface area contributed by atoms with Crippen molar-refractivity contribution in [2.45, 2.75) is 97.1 Å². The van der Waals surface area contributed by atoms with Crippen LogP contribution in [0.1, 0.15) is 60.8 Å². The van der Waals surface area contributed by atoms with Crippen molar-refractivity contribution in [3.8, 4) is 0 Å². The minimum atomic E-state index is -1.53. The van der Waals surface area contributed by atoms with Crippen LogP contribution in [0.3, 0.4) is 0 Å². The summed E-state index contributed by atoms with van der Waals surface area (Å²) in [7, 11) is 0. The van der Waals surface area contributed by atoms with Crippen molar-refractivity contribution >= 4 is 65.8 Å². The third kappa shape index (κ3) is 16.3. The number of nitrogens with one attached hydrogen (secondary N) is 6. The summed E-state index contributed by atoms with van der Waals surface area (Å²) in [5.74, 6) is -5.96. The fourth-order valence-electron chi connectivity index (χ4n) is 4.30. The van der Waals surface area contributed by atoms with E-state index in [0.29, 0.717) is 18.6 Å². The number of hydrogen-bond donors (Lipinski definition) is 10. The van der Waals surface area contributed by atoms with Crippen molar-refractivity contribution in [1.82, 2.24) is 31.9 Å². The summed E-state index contributed by atoms with van der Waals surface area (Å²) < 4.78 is 0. The van der Waals surface area contributed by atoms with Crippen molar-refractivity contribution in [2.24, 2.45) is 23.5 Å². The van der Waals surface area contributed by atoms with Gasteiger partial charge in [0.05, 0.1) is 19.2 Å². The molecule has 16 nitrogen and oxygen atoms in total. The first kappa shape index (κ1) is 44.9. The van der Waals surface area contributed by atoms with E-state index >= 15 is 0 Å². The quantitative estimate of drug-likeness (QED) is 0.0536. The number of aliphatic hydroxyl groups is 1. The summed E-state index contributed by atoms with van der Waals surface area (Å²) in [6.07, 6.45) is 2.93. The molecule has 0 saturated carbocycles. The molecule has 0 bridgehead atoms. The van der Waals surface area contributed by atoms with Crippen molar-refractivity contribution in [2.75, 3.05) is 30.9 Å². The van der Waals surface area contributed by atoms with Gasteiger partial charge in [-0.25, -0.2) is 4.79 Å². The van der Waals surface area contributed by atoms with Gasteiger partial charge in [0.1, 0.15) is 30.2 Å². The van der Waals surface area contributed by atoms with Crippen LogP contribution in [-0.4, -0.2) is 119 Å². The summed E-state index contributed by atoms with van der Waals surface area (Å²) in [5.41, 5.74) is 5.95. The van der Waals surface area contributed by atoms with Gasteiger partial charge in [-0.1, -0.05) is 48.0 Å². The third-order valence-corrected chi connectivity index (χ3v) is 8.41. The molecule has 0 aromatic heterocycles. The van der Waals surface area contributed by atoms with Crippen LogP contribution in [0.15, 0.2) is 0 Å². The first-order valence-corrected chi connectivity index (χ1v) is 17.9. The Morgan fingerprint density at radius 2 is 1.33 bits per heavy atom. The van der Waals surface area contributed by atoms with E-state index in [2.05, 4.69) is 44.5 Å². The largest absolute Gasteiger partial charge is 0.480 e. The Morgan fingerprint density at radius 1 is 0.771 bits per heavy atom. The molecular formula is C30H55N7O9S2. The van der Waals surface area contributed by atoms with E-state index in [4.69, 9.17) is 5.73 Å². The standard InChI is InChI=1S/C30H55N7O9S2/c1-8-17(6)24(37-25(40)18(31)11-15(2)3)28(43)32-12-22(39)33-21(14-47)27(42)35-20(13-38)26(41)36-23(16(4)5)29(44)34-19(30(45)46)9-10-48-7/h15-21,23-24,38,47H,8-14,31H2,1-7H3,(H,32,43)(H,33,39)(H,34,44)(H,35,42)(H,36,41)(H,37,40)(H,45,46)/t17-,18-,19-,20-,21-,23-,24-/m0/s1. The van der Waals surface area contributed by atoms with Gasteiger partial charge in [0, 0.05) is 5.75 Å². The second kappa shape index (κ2) is 23.3. The van der Waals surface area contributed by atoms with E-state index in [0.717, 1.165) is 0 Å². The van der Waals surface area contributed by atoms with Crippen LogP contribution < -0.4 is 37.6 Å². The van der Waals surface area contributed by atoms with Crippen LogP contribution in [-0.2, 0) is 33.6 Å². The second-order valence-corrected chi connectivity index (χ2v) is 13.6. The van der Waals surface area contributed by atoms with Gasteiger partial charge in [-0.05, 0) is 42.6 Å². The van der Waals surface area contributed by atoms with E-state index in [1.165, 1.54) is 11.8 Å². The number of aliphatic hydroxyl groups excluding tert-OH is 1. The fourth-order valence-corrected chi connectivity index (χ4v) is 5.03. The molecule has 0 aliphatic rings. The lowest BCUT2D eigenvalue weighted by Crippen LogP contribution is -2.60. The summed E-state index contributed by atoms with van der Waals surface area (Å²) in [6.45, 7) is 9.29. The summed E-state index contributed by atoms with van der Waals surface area (Å²) in [5, 5.41) is 33.9. The highest BCUT2D eigenvalue weighted by Crippen LogP contribution is 2.10. The monoisotopic (exact) mass is 721 g/mol. The zero-order valence-electron chi connectivity index (χ0n) is 28.8. The van der Waals surface area contributed by atoms with Crippen LogP contribution in [0.2, 0.25) is 0 Å². The van der Waals surface area contributed by atoms with Gasteiger partial charge in [0.2, 0.25) is 35.4 Å². The number of nitrogens with two attached hydrogens (primary N) is 1. The lowest BCUT2D eigenvalue weighted by molar-refractivity contribution is -0.142. The van der Waals surface area contributed by atoms with Crippen molar-refractivity contribution in [1.29, 1.82) is 0 Å². The number of thioether (sulfide) groups is 1. The minimum Gasteiger partial charge on any atom is -0.480 e. The summed E-state index contributed by atoms with van der Waals surface area (Å²) in [4.78, 5) is 88.5. The molecule has 0 unspecified atom stereocenters. The maximum absolute atomic E-state index is 13.0. The molecule has 48 heavy (non-hydrogen) atoms. The predicted octanol–water partition coefficient (Wildman–Crippen LogP) is -1.64. The number of carboxylic acid groups (broad SMARTS) is 1. The molecule has 0 rings (SSSR count). The molecular weight excluding hydrogens is 667 g/mol. The van der Waals surface area contributed by atoms with Crippen molar-refractivity contribution in [3.63, 3.8) is 0 Å². The van der Waals surface area contributed by atoms with Gasteiger partial charge in [-0.2, -0.15) is 24.4 Å². The van der Waals surface area contributed by atoms with Crippen molar-refractivity contribution < 1.29 is 43.8 Å². The van der Waals surface area contributed by atoms with Crippen molar-refractivity contribution in [3.05, 3.63) is 0 Å². The van der Waals surface area contributed by atoms with Crippen LogP contribution in [0.25, 0.3) is 0 Å². The second-order valence-electron chi connectivity index (χ2n) is 12.3. The smallest absolute Gasteiger partial charge is 0.326 e. The summed E-state index contributed by atoms with van der Waals surface area (Å²) in [6, 6.07) is -6.93. The highest BCUT2D eigenvalue weighted by Gasteiger charge is 2.33. The number of amides is 6. The third-order valence-electron chi connectivity index (χ3n) is 7.40. The molecule has 0 saturated heterocycles. The number of hydrogen-bond acceptors (Lipinski definition) is 11. The molecule has 10 N–H and O–H groups in total. The van der Waals surface area contributed by atoms with Crippen LogP contribution >= 0.6 is 24.4 Å². The molecule has 18 heteroatoms. The maximum atomic E-state index is 13.0. The number of carbonyl (C=O) groups is 7. The molecule has 0 aromatic rings. The van der Waals surface area contributed by atoms with E-state index < -0.39 is 96.7 Å². The minimum absolute atomic E-state index is 0.166. The number of carbonyl (C=O) groups excluding carboxylic acids is 6. The molecule has 0 radical (unpaired) electrons. The zero-order valence-corrected chi connectivity index (χ0v) is 30.5. The van der Waals surface area contributed by atoms with Gasteiger partial charge < -0.3 is 47.8 Å². The van der Waals surface area contributed by atoms with Crippen LogP contribution in [0.4, 0.5) is 0 Å². The number of carboxylic acids is 1. The van der Waals surface area contributed by atoms with E-state index in [1.807, 2.05) is 20.8 Å². The highest BCUT2D eigenvalue weighted by molar-refractivity contribution is 7.98. The number of rotatable bonds is 23. The van der Waals surface area contributed by atoms with E-state index in [-0.39, 0.29) is 24.0 Å². The lowest BCUT2D eigenvalue weighted by atomic mass is 9.97. The Hall–Kier alpha value is -3.09. The molecule has 6 amide bonds. The Bertz CT molecular complexity index is 1100. The zero-order chi connectivity index (χ0) is 37.1. The van der Waals surface area contributed by atoms with Crippen LogP contribution in [0, 0.1) is 17.8 Å². The normalized spacial score (nSPS) is 15.6. The predicted molar refractivity (Wildman–Crippen MR) is 186 cm³/mol. The number of thiol groups is 1. The van der Waals surface area contributed by atoms with Gasteiger partial charge in [0.25, 0.3) is 0 Å². The lowest BCUT2D eigenvalue weighted by Gasteiger charge is -2.27. The molecule has 0 aliphatic carbocycles. The van der Waals surface area contributed by atoms with E-state index in [1.54, 1.807) is 27.0 Å². The molecule has 0 heterocycles. The Kier molecular flexibility index (Phi) is 21.8. The fraction of sp³-hybridized carbons (Fsp3) is 0.767. The topological polar surface area (TPSA) is 258 Å². The molecule has 0 aliphatic heterocycles. The SMILES string of the molecule is CC[C@H](C)[C@H](NC(=O)[C@@H](N)CC(C)C)C(=O)NCC(=O)N[C@@H](CS)C(=O)N[C@@H](CO)C(=O)N[C@H](C(=O)N[C@@H](CCSC)C(=O)O)C(C)C. The van der Waals surface area contributed by atoms with Gasteiger partial charge >= 0.3 is 5.97 Å². The Labute approximate surface area is 292 Å². The van der Waals surface area contributed by atoms with Gasteiger partial charge in [-0.3, -0.25) is 28.8 Å². The van der Waals surface area contributed by atoms with Gasteiger partial charge in [0.15, 0.2) is 0 Å². The number of aliphatic carboxylic acids is 1. The maximum Gasteiger partial charge on any atom is 0.326 e. The van der Waals surface area contributed by atoms with Crippen LogP contribution in [0.5, 0.6) is 0 Å². The van der Waals surface area contributed by atoms with E-state index in [9.17, 15) is 43.8 Å². The van der Waals surface area contributed by atoms with Gasteiger partial charge in [-0.15, -0.1) is 0 Å². The average Bonchev–Trinajstić information content (AvgIpc) is 3.02. The Morgan fingerprint density at radius 3 is 1.81 bits per heavy atom. The molecule has 0 fully saturated rings. The summed E-state index contributed by atoms with van der Waals surface area (Å²) >= 11 is 5.50. The first-order valence-electron chi connectivity index (χ1n) is 15.9. The first-order chi connectivity index (χ1) is 22.4. The average molecular weight is 722 g/mol. The molecule has 0 aromatic carbocycles. The highest BCUT2D eigenvalue weighted by atomic mass is 32.2. The molecule has 7 atom stereocenters. The molecule has 276 valence electrons. The Balaban J connectivity index is 5.36. The molecule has 0 spiro atoms.